The largest absolute Gasteiger partial charge is 0.434 e. The predicted octanol–water partition coefficient (Wildman–Crippen LogP) is 3.22. The summed E-state index contributed by atoms with van der Waals surface area (Å²) in [5.74, 6) is 0.0933. The maximum Gasteiger partial charge on any atom is 0.434 e. The van der Waals surface area contributed by atoms with Crippen molar-refractivity contribution in [3.8, 4) is 0 Å². The van der Waals surface area contributed by atoms with Crippen molar-refractivity contribution in [3.05, 3.63) is 34.4 Å². The lowest BCUT2D eigenvalue weighted by molar-refractivity contribution is -0.143. The van der Waals surface area contributed by atoms with Gasteiger partial charge in [0, 0.05) is 37.3 Å². The van der Waals surface area contributed by atoms with Crippen molar-refractivity contribution >= 4 is 23.5 Å². The fourth-order valence-corrected chi connectivity index (χ4v) is 6.04. The molecule has 2 aromatic rings. The van der Waals surface area contributed by atoms with Gasteiger partial charge in [0.15, 0.2) is 5.69 Å². The number of halogens is 4. The summed E-state index contributed by atoms with van der Waals surface area (Å²) in [6.45, 7) is 2.93. The zero-order valence-corrected chi connectivity index (χ0v) is 19.1. The predicted molar refractivity (Wildman–Crippen MR) is 118 cm³/mol. The quantitative estimate of drug-likeness (QED) is 0.642. The molecule has 3 heterocycles. The number of nitrogen functional groups attached to an aromatic ring is 1. The monoisotopic (exact) mass is 486 g/mol. The number of nitrogens with zero attached hydrogens (tertiary/aromatic N) is 4. The average molecular weight is 487 g/mol. The van der Waals surface area contributed by atoms with E-state index in [1.165, 1.54) is 23.7 Å². The first-order valence-corrected chi connectivity index (χ1v) is 11.5. The Bertz CT molecular complexity index is 1100. The van der Waals surface area contributed by atoms with E-state index < -0.39 is 29.6 Å². The van der Waals surface area contributed by atoms with Gasteiger partial charge < -0.3 is 16.4 Å². The summed E-state index contributed by atoms with van der Waals surface area (Å²) in [5, 5.41) is 0. The minimum absolute atomic E-state index is 0.0879. The van der Waals surface area contributed by atoms with Gasteiger partial charge >= 0.3 is 6.18 Å². The summed E-state index contributed by atoms with van der Waals surface area (Å²) in [7, 11) is 1.51. The van der Waals surface area contributed by atoms with Crippen molar-refractivity contribution in [1.82, 2.24) is 14.5 Å². The molecular formula is C21H26F4N6OS. The number of alkyl halides is 4. The molecule has 2 aromatic heterocycles. The molecule has 33 heavy (non-hydrogen) atoms. The van der Waals surface area contributed by atoms with Crippen LogP contribution in [0.15, 0.2) is 32.9 Å². The van der Waals surface area contributed by atoms with Gasteiger partial charge in [0.2, 0.25) is 5.95 Å². The fourth-order valence-electron chi connectivity index (χ4n) is 5.03. The zero-order chi connectivity index (χ0) is 24.1. The molecule has 4 rings (SSSR count). The number of rotatable bonds is 3. The van der Waals surface area contributed by atoms with Crippen LogP contribution in [-0.4, -0.2) is 39.8 Å². The maximum absolute atomic E-state index is 14.4. The van der Waals surface area contributed by atoms with E-state index >= 15 is 0 Å². The summed E-state index contributed by atoms with van der Waals surface area (Å²) in [6, 6.07) is 2.08. The van der Waals surface area contributed by atoms with Gasteiger partial charge in [-0.2, -0.15) is 18.2 Å². The third-order valence-electron chi connectivity index (χ3n) is 6.87. The molecular weight excluding hydrogens is 460 g/mol. The van der Waals surface area contributed by atoms with E-state index in [0.717, 1.165) is 12.6 Å². The smallest absolute Gasteiger partial charge is 0.382 e. The number of anilines is 2. The first-order valence-electron chi connectivity index (χ1n) is 10.7. The molecule has 0 bridgehead atoms. The second kappa shape index (κ2) is 8.46. The number of hydrogen-bond acceptors (Lipinski definition) is 7. The van der Waals surface area contributed by atoms with E-state index in [2.05, 4.69) is 9.97 Å². The van der Waals surface area contributed by atoms with Gasteiger partial charge in [0.05, 0.1) is 0 Å². The summed E-state index contributed by atoms with van der Waals surface area (Å²) in [5.41, 5.74) is 10.3. The first-order chi connectivity index (χ1) is 15.4. The Labute approximate surface area is 192 Å². The van der Waals surface area contributed by atoms with E-state index in [-0.39, 0.29) is 26.9 Å². The Balaban J connectivity index is 1.59. The molecule has 180 valence electrons. The Morgan fingerprint density at radius 3 is 2.52 bits per heavy atom. The molecule has 2 fully saturated rings. The van der Waals surface area contributed by atoms with Crippen molar-refractivity contribution in [2.45, 2.75) is 54.4 Å². The highest BCUT2D eigenvalue weighted by atomic mass is 32.2. The van der Waals surface area contributed by atoms with Gasteiger partial charge in [-0.25, -0.2) is 4.39 Å². The van der Waals surface area contributed by atoms with Crippen LogP contribution in [0.1, 0.15) is 31.9 Å². The SMILES string of the molecule is C[C@@H]1CC2(CCN(c3nc(N)c(Sc4cccnc4C(F)(F)F)c(=O)n3C)CC2)[C@H](N)[C@@H]1F. The van der Waals surface area contributed by atoms with Crippen LogP contribution in [0.4, 0.5) is 29.3 Å². The Morgan fingerprint density at radius 2 is 1.94 bits per heavy atom. The normalized spacial score (nSPS) is 25.1. The van der Waals surface area contributed by atoms with Crippen LogP contribution in [0.3, 0.4) is 0 Å². The van der Waals surface area contributed by atoms with Crippen LogP contribution in [0.2, 0.25) is 0 Å². The van der Waals surface area contributed by atoms with Crippen LogP contribution >= 0.6 is 11.8 Å². The van der Waals surface area contributed by atoms with Crippen molar-refractivity contribution < 1.29 is 17.6 Å². The topological polar surface area (TPSA) is 103 Å². The van der Waals surface area contributed by atoms with E-state index in [1.807, 2.05) is 11.8 Å². The summed E-state index contributed by atoms with van der Waals surface area (Å²) < 4.78 is 55.5. The lowest BCUT2D eigenvalue weighted by Gasteiger charge is -2.42. The number of hydrogen-bond donors (Lipinski definition) is 2. The third kappa shape index (κ3) is 4.18. The summed E-state index contributed by atoms with van der Waals surface area (Å²) in [6.07, 6.45) is -2.61. The van der Waals surface area contributed by atoms with E-state index in [9.17, 15) is 22.4 Å². The van der Waals surface area contributed by atoms with E-state index in [0.29, 0.717) is 43.6 Å². The highest BCUT2D eigenvalue weighted by Gasteiger charge is 2.51. The zero-order valence-electron chi connectivity index (χ0n) is 18.3. The van der Waals surface area contributed by atoms with Gasteiger partial charge in [-0.3, -0.25) is 14.3 Å². The Kier molecular flexibility index (Phi) is 6.10. The lowest BCUT2D eigenvalue weighted by atomic mass is 9.74. The maximum atomic E-state index is 14.4. The van der Waals surface area contributed by atoms with Crippen LogP contribution in [0.25, 0.3) is 0 Å². The summed E-state index contributed by atoms with van der Waals surface area (Å²) in [4.78, 5) is 22.4. The molecule has 0 unspecified atom stereocenters. The molecule has 0 aromatic carbocycles. The van der Waals surface area contributed by atoms with Crippen molar-refractivity contribution in [1.29, 1.82) is 0 Å². The molecule has 1 saturated carbocycles. The Hall–Kier alpha value is -2.34. The first kappa shape index (κ1) is 23.8. The molecule has 0 amide bonds. The van der Waals surface area contributed by atoms with Gasteiger partial charge in [-0.05, 0) is 42.7 Å². The Morgan fingerprint density at radius 1 is 1.27 bits per heavy atom. The molecule has 0 radical (unpaired) electrons. The van der Waals surface area contributed by atoms with Crippen LogP contribution in [0.5, 0.6) is 0 Å². The van der Waals surface area contributed by atoms with Crippen LogP contribution in [-0.2, 0) is 13.2 Å². The van der Waals surface area contributed by atoms with Gasteiger partial charge in [-0.1, -0.05) is 18.7 Å². The minimum atomic E-state index is -4.67. The lowest BCUT2D eigenvalue weighted by Crippen LogP contribution is -2.50. The van der Waals surface area contributed by atoms with Crippen molar-refractivity contribution in [2.24, 2.45) is 24.1 Å². The molecule has 2 aliphatic rings. The molecule has 1 saturated heterocycles. The van der Waals surface area contributed by atoms with Crippen LogP contribution < -0.4 is 21.9 Å². The number of pyridine rings is 1. The molecule has 7 nitrogen and oxygen atoms in total. The highest BCUT2D eigenvalue weighted by molar-refractivity contribution is 7.99. The van der Waals surface area contributed by atoms with Gasteiger partial charge in [0.1, 0.15) is 16.9 Å². The number of nitrogens with two attached hydrogens (primary N) is 2. The minimum Gasteiger partial charge on any atom is -0.382 e. The van der Waals surface area contributed by atoms with Crippen molar-refractivity contribution in [3.63, 3.8) is 0 Å². The van der Waals surface area contributed by atoms with E-state index in [1.54, 1.807) is 0 Å². The molecule has 12 heteroatoms. The third-order valence-corrected chi connectivity index (χ3v) is 8.00. The van der Waals surface area contributed by atoms with Gasteiger partial charge in [0.25, 0.3) is 5.56 Å². The van der Waals surface area contributed by atoms with Gasteiger partial charge in [-0.15, -0.1) is 0 Å². The molecule has 1 aliphatic carbocycles. The standard InChI is InChI=1S/C21H26F4N6OS/c1-11-10-20(15(26)13(11)22)5-8-31(9-6-20)19-29-17(27)14(18(32)30(19)2)33-12-4-3-7-28-16(12)21(23,24)25/h3-4,7,11,13,15H,5-6,8-10,26-27H2,1-2H3/t11-,13-,15-/m1/s1. The highest BCUT2D eigenvalue weighted by Crippen LogP contribution is 2.49. The summed E-state index contributed by atoms with van der Waals surface area (Å²) >= 11 is 0.600. The average Bonchev–Trinajstić information content (AvgIpc) is 2.97. The van der Waals surface area contributed by atoms with Crippen LogP contribution in [0, 0.1) is 11.3 Å². The molecule has 1 spiro atoms. The molecule has 4 N–H and O–H groups in total. The molecule has 3 atom stereocenters. The fraction of sp³-hybridized carbons (Fsp3) is 0.571. The second-order valence-electron chi connectivity index (χ2n) is 8.94. The second-order valence-corrected chi connectivity index (χ2v) is 9.99. The molecule has 1 aliphatic heterocycles. The van der Waals surface area contributed by atoms with E-state index in [4.69, 9.17) is 11.5 Å². The number of aromatic nitrogens is 3. The van der Waals surface area contributed by atoms with Crippen molar-refractivity contribution in [2.75, 3.05) is 23.7 Å². The number of piperidine rings is 1.